The summed E-state index contributed by atoms with van der Waals surface area (Å²) in [5, 5.41) is 3.48. The molecular formula is C16H18ClN3O3. The van der Waals surface area contributed by atoms with Crippen molar-refractivity contribution >= 4 is 17.5 Å². The van der Waals surface area contributed by atoms with Gasteiger partial charge in [-0.3, -0.25) is 18.7 Å². The molecule has 1 amide bonds. The van der Waals surface area contributed by atoms with E-state index >= 15 is 0 Å². The zero-order valence-corrected chi connectivity index (χ0v) is 13.7. The van der Waals surface area contributed by atoms with Crippen LogP contribution in [0.4, 0.5) is 0 Å². The molecular weight excluding hydrogens is 318 g/mol. The Bertz CT molecular complexity index is 826. The standard InChI is InChI=1S/C16H18ClN3O3/c1-11(8-12-4-3-5-13(17)9-12)18-14(21)10-20-7-6-15(22)19(2)16(20)23/h3-7,9,11H,8,10H2,1-2H3,(H,18,21). The fraction of sp³-hybridized carbons (Fsp3) is 0.312. The minimum absolute atomic E-state index is 0.107. The van der Waals surface area contributed by atoms with Gasteiger partial charge in [-0.15, -0.1) is 0 Å². The fourth-order valence-electron chi connectivity index (χ4n) is 2.28. The lowest BCUT2D eigenvalue weighted by Crippen LogP contribution is -2.42. The van der Waals surface area contributed by atoms with E-state index in [4.69, 9.17) is 11.6 Å². The van der Waals surface area contributed by atoms with E-state index in [1.54, 1.807) is 6.07 Å². The van der Waals surface area contributed by atoms with Crippen LogP contribution in [-0.2, 0) is 24.8 Å². The molecule has 1 unspecified atom stereocenters. The van der Waals surface area contributed by atoms with Crippen molar-refractivity contribution in [1.29, 1.82) is 0 Å². The number of benzene rings is 1. The zero-order chi connectivity index (χ0) is 17.0. The number of carbonyl (C=O) groups is 1. The maximum Gasteiger partial charge on any atom is 0.331 e. The number of nitrogens with one attached hydrogen (secondary N) is 1. The molecule has 1 aromatic carbocycles. The van der Waals surface area contributed by atoms with Crippen LogP contribution in [0, 0.1) is 0 Å². The van der Waals surface area contributed by atoms with Crippen LogP contribution in [0.15, 0.2) is 46.1 Å². The summed E-state index contributed by atoms with van der Waals surface area (Å²) in [5.74, 6) is -0.291. The first-order chi connectivity index (χ1) is 10.9. The Morgan fingerprint density at radius 3 is 2.74 bits per heavy atom. The molecule has 0 aliphatic carbocycles. The lowest BCUT2D eigenvalue weighted by Gasteiger charge is -2.15. The number of carbonyl (C=O) groups excluding carboxylic acids is 1. The van der Waals surface area contributed by atoms with E-state index in [9.17, 15) is 14.4 Å². The Labute approximate surface area is 138 Å². The number of nitrogens with zero attached hydrogens (tertiary/aromatic N) is 2. The normalized spacial score (nSPS) is 12.0. The summed E-state index contributed by atoms with van der Waals surface area (Å²) in [4.78, 5) is 35.2. The molecule has 6 nitrogen and oxygen atoms in total. The Morgan fingerprint density at radius 2 is 2.04 bits per heavy atom. The number of rotatable bonds is 5. The van der Waals surface area contributed by atoms with Gasteiger partial charge in [-0.1, -0.05) is 23.7 Å². The fourth-order valence-corrected chi connectivity index (χ4v) is 2.49. The van der Waals surface area contributed by atoms with E-state index in [0.29, 0.717) is 11.4 Å². The molecule has 2 rings (SSSR count). The molecule has 0 saturated carbocycles. The average Bonchev–Trinajstić information content (AvgIpc) is 2.47. The average molecular weight is 336 g/mol. The third-order valence-corrected chi connectivity index (χ3v) is 3.65. The molecule has 2 aromatic rings. The number of hydrogen-bond acceptors (Lipinski definition) is 3. The van der Waals surface area contributed by atoms with Crippen LogP contribution in [0.2, 0.25) is 5.02 Å². The predicted octanol–water partition coefficient (Wildman–Crippen LogP) is 0.948. The smallest absolute Gasteiger partial charge is 0.331 e. The highest BCUT2D eigenvalue weighted by molar-refractivity contribution is 6.30. The summed E-state index contributed by atoms with van der Waals surface area (Å²) in [6, 6.07) is 8.58. The topological polar surface area (TPSA) is 73.1 Å². The summed E-state index contributed by atoms with van der Waals surface area (Å²) in [7, 11) is 1.38. The van der Waals surface area contributed by atoms with Gasteiger partial charge in [0, 0.05) is 30.4 Å². The first-order valence-electron chi connectivity index (χ1n) is 7.17. The van der Waals surface area contributed by atoms with E-state index in [0.717, 1.165) is 10.1 Å². The molecule has 0 saturated heterocycles. The monoisotopic (exact) mass is 335 g/mol. The first-order valence-corrected chi connectivity index (χ1v) is 7.55. The van der Waals surface area contributed by atoms with E-state index in [1.807, 2.05) is 25.1 Å². The molecule has 0 fully saturated rings. The van der Waals surface area contributed by atoms with Crippen LogP contribution >= 0.6 is 11.6 Å². The Kier molecular flexibility index (Phi) is 5.39. The van der Waals surface area contributed by atoms with Gasteiger partial charge in [0.1, 0.15) is 6.54 Å². The van der Waals surface area contributed by atoms with Gasteiger partial charge in [-0.25, -0.2) is 4.79 Å². The van der Waals surface area contributed by atoms with Gasteiger partial charge < -0.3 is 5.32 Å². The Morgan fingerprint density at radius 1 is 1.30 bits per heavy atom. The second kappa shape index (κ2) is 7.28. The molecule has 0 bridgehead atoms. The summed E-state index contributed by atoms with van der Waals surface area (Å²) < 4.78 is 2.16. The third-order valence-electron chi connectivity index (χ3n) is 3.41. The van der Waals surface area contributed by atoms with Crippen molar-refractivity contribution < 1.29 is 4.79 Å². The number of hydrogen-bond donors (Lipinski definition) is 1. The molecule has 0 radical (unpaired) electrons. The highest BCUT2D eigenvalue weighted by Crippen LogP contribution is 2.12. The second-order valence-electron chi connectivity index (χ2n) is 5.43. The molecule has 7 heteroatoms. The van der Waals surface area contributed by atoms with Gasteiger partial charge in [-0.2, -0.15) is 0 Å². The second-order valence-corrected chi connectivity index (χ2v) is 5.86. The number of amides is 1. The highest BCUT2D eigenvalue weighted by Gasteiger charge is 2.11. The highest BCUT2D eigenvalue weighted by atomic mass is 35.5. The van der Waals surface area contributed by atoms with Gasteiger partial charge in [0.2, 0.25) is 5.91 Å². The van der Waals surface area contributed by atoms with Crippen molar-refractivity contribution in [2.45, 2.75) is 25.9 Å². The predicted molar refractivity (Wildman–Crippen MR) is 88.7 cm³/mol. The van der Waals surface area contributed by atoms with Crippen molar-refractivity contribution in [3.8, 4) is 0 Å². The van der Waals surface area contributed by atoms with Crippen LogP contribution in [-0.4, -0.2) is 21.1 Å². The van der Waals surface area contributed by atoms with E-state index in [-0.39, 0.29) is 18.5 Å². The van der Waals surface area contributed by atoms with Crippen molar-refractivity contribution in [3.05, 3.63) is 68.0 Å². The molecule has 0 aliphatic rings. The molecule has 1 N–H and O–H groups in total. The van der Waals surface area contributed by atoms with Crippen molar-refractivity contribution in [3.63, 3.8) is 0 Å². The van der Waals surface area contributed by atoms with E-state index in [2.05, 4.69) is 5.32 Å². The minimum Gasteiger partial charge on any atom is -0.352 e. The largest absolute Gasteiger partial charge is 0.352 e. The zero-order valence-electron chi connectivity index (χ0n) is 13.0. The van der Waals surface area contributed by atoms with Gasteiger partial charge in [0.25, 0.3) is 5.56 Å². The van der Waals surface area contributed by atoms with Crippen molar-refractivity contribution in [2.24, 2.45) is 7.05 Å². The Hall–Kier alpha value is -2.34. The van der Waals surface area contributed by atoms with Crippen molar-refractivity contribution in [1.82, 2.24) is 14.5 Å². The summed E-state index contributed by atoms with van der Waals surface area (Å²) in [5.41, 5.74) is 0.0979. The third kappa shape index (κ3) is 4.56. The SMILES string of the molecule is CC(Cc1cccc(Cl)c1)NC(=O)Cn1ccc(=O)n(C)c1=O. The van der Waals surface area contributed by atoms with Crippen LogP contribution < -0.4 is 16.6 Å². The summed E-state index contributed by atoms with van der Waals surface area (Å²) in [6.07, 6.45) is 1.96. The molecule has 23 heavy (non-hydrogen) atoms. The molecule has 122 valence electrons. The van der Waals surface area contributed by atoms with Crippen molar-refractivity contribution in [2.75, 3.05) is 0 Å². The number of halogens is 1. The molecule has 1 atom stereocenters. The van der Waals surface area contributed by atoms with E-state index in [1.165, 1.54) is 23.9 Å². The van der Waals surface area contributed by atoms with E-state index < -0.39 is 11.2 Å². The maximum absolute atomic E-state index is 12.0. The van der Waals surface area contributed by atoms with Crippen LogP contribution in [0.5, 0.6) is 0 Å². The summed E-state index contributed by atoms with van der Waals surface area (Å²) in [6.45, 7) is 1.75. The van der Waals surface area contributed by atoms with Gasteiger partial charge >= 0.3 is 5.69 Å². The molecule has 0 aliphatic heterocycles. The van der Waals surface area contributed by atoms with Crippen LogP contribution in [0.25, 0.3) is 0 Å². The molecule has 0 spiro atoms. The molecule has 1 aromatic heterocycles. The number of aromatic nitrogens is 2. The first kappa shape index (κ1) is 17.0. The van der Waals surface area contributed by atoms with Gasteiger partial charge in [0.15, 0.2) is 0 Å². The molecule has 1 heterocycles. The van der Waals surface area contributed by atoms with Gasteiger partial charge in [0.05, 0.1) is 0 Å². The maximum atomic E-state index is 12.0. The minimum atomic E-state index is -0.518. The summed E-state index contributed by atoms with van der Waals surface area (Å²) >= 11 is 5.93. The van der Waals surface area contributed by atoms with Gasteiger partial charge in [-0.05, 0) is 31.0 Å². The van der Waals surface area contributed by atoms with Crippen LogP contribution in [0.3, 0.4) is 0 Å². The van der Waals surface area contributed by atoms with Crippen LogP contribution in [0.1, 0.15) is 12.5 Å². The lowest BCUT2D eigenvalue weighted by atomic mass is 10.1. The lowest BCUT2D eigenvalue weighted by molar-refractivity contribution is -0.122. The quantitative estimate of drug-likeness (QED) is 0.884. The Balaban J connectivity index is 1.98.